The zero-order valence-corrected chi connectivity index (χ0v) is 15.6. The summed E-state index contributed by atoms with van der Waals surface area (Å²) in [4.78, 5) is 34.2. The summed E-state index contributed by atoms with van der Waals surface area (Å²) in [5.41, 5.74) is 0. The van der Waals surface area contributed by atoms with Gasteiger partial charge in [-0.3, -0.25) is 14.4 Å². The van der Waals surface area contributed by atoms with E-state index in [0.717, 1.165) is 13.1 Å². The molecule has 0 aromatic rings. The van der Waals surface area contributed by atoms with E-state index in [1.165, 1.54) is 4.67 Å². The molecule has 0 spiro atoms. The highest BCUT2D eigenvalue weighted by atomic mass is 31.2. The molecule has 0 aliphatic carbocycles. The highest BCUT2D eigenvalue weighted by Crippen LogP contribution is 2.43. The fourth-order valence-corrected chi connectivity index (χ4v) is 5.00. The largest absolute Gasteiger partial charge is 0.385 e. The van der Waals surface area contributed by atoms with Crippen molar-refractivity contribution < 1.29 is 33.8 Å². The van der Waals surface area contributed by atoms with Gasteiger partial charge in [0.2, 0.25) is 0 Å². The standard InChI is InChI=1S/C12H28N4O6P2/c17-11-23(19,20)15-7-3-13-1-2-14(5-9-15)6-10-16(8-4-13)24(21,22)12-18/h17-18H,1-12H2,(H2,19,20,21,22)/p+1. The van der Waals surface area contributed by atoms with Gasteiger partial charge in [-0.15, -0.1) is 0 Å². The van der Waals surface area contributed by atoms with Crippen molar-refractivity contribution in [2.24, 2.45) is 0 Å². The summed E-state index contributed by atoms with van der Waals surface area (Å²) >= 11 is 0. The maximum atomic E-state index is 12.1. The lowest BCUT2D eigenvalue weighted by Gasteiger charge is -2.29. The van der Waals surface area contributed by atoms with Gasteiger partial charge in [0.05, 0.1) is 13.1 Å². The molecule has 5 N–H and O–H groups in total. The van der Waals surface area contributed by atoms with E-state index >= 15 is 0 Å². The second kappa shape index (κ2) is 8.68. The molecule has 12 heteroatoms. The van der Waals surface area contributed by atoms with Crippen LogP contribution in [0.2, 0.25) is 0 Å². The van der Waals surface area contributed by atoms with Gasteiger partial charge in [0.15, 0.2) is 19.4 Å². The minimum absolute atomic E-state index is 0.376. The highest BCUT2D eigenvalue weighted by molar-refractivity contribution is 7.55. The molecule has 2 aliphatic rings. The monoisotopic (exact) mass is 387 g/mol. The Labute approximate surface area is 142 Å². The van der Waals surface area contributed by atoms with E-state index in [1.54, 1.807) is 4.33 Å². The average Bonchev–Trinajstić information content (AvgIpc) is 2.71. The molecular formula is C12H29N4O6P2+. The maximum Gasteiger partial charge on any atom is 0.379 e. The molecule has 0 aromatic heterocycles. The van der Waals surface area contributed by atoms with E-state index in [0.29, 0.717) is 52.4 Å². The fourth-order valence-electron chi connectivity index (χ4n) is 3.02. The van der Waals surface area contributed by atoms with E-state index in [2.05, 4.69) is 9.80 Å². The van der Waals surface area contributed by atoms with Crippen LogP contribution in [0.3, 0.4) is 0 Å². The van der Waals surface area contributed by atoms with Gasteiger partial charge in [-0.25, -0.2) is 9.00 Å². The van der Waals surface area contributed by atoms with Crippen LogP contribution in [0.4, 0.5) is 0 Å². The van der Waals surface area contributed by atoms with Gasteiger partial charge in [-0.1, -0.05) is 0 Å². The molecule has 3 unspecified atom stereocenters. The highest BCUT2D eigenvalue weighted by Gasteiger charge is 2.31. The first-order valence-electron chi connectivity index (χ1n) is 8.11. The SMILES string of the molecule is O=P(O)(CO)N1CCN2CCN(CC1)CC[N+](=P(O)(O)CO)CC2. The molecule has 2 saturated heterocycles. The lowest BCUT2D eigenvalue weighted by molar-refractivity contribution is -0.518. The van der Waals surface area contributed by atoms with Crippen molar-refractivity contribution in [3.8, 4) is 0 Å². The predicted octanol–water partition coefficient (Wildman–Crippen LogP) is -1.97. The summed E-state index contributed by atoms with van der Waals surface area (Å²) < 4.78 is 15.1. The molecule has 2 heterocycles. The first kappa shape index (κ1) is 20.5. The maximum absolute atomic E-state index is 12.1. The molecule has 2 bridgehead atoms. The second-order valence-corrected chi connectivity index (χ2v) is 10.6. The quantitative estimate of drug-likeness (QED) is 0.350. The van der Waals surface area contributed by atoms with Crippen LogP contribution in [0, 0.1) is 0 Å². The van der Waals surface area contributed by atoms with Gasteiger partial charge in [-0.2, -0.15) is 0 Å². The predicted molar refractivity (Wildman–Crippen MR) is 89.8 cm³/mol. The van der Waals surface area contributed by atoms with E-state index in [9.17, 15) is 24.4 Å². The lowest BCUT2D eigenvalue weighted by Crippen LogP contribution is -2.38. The normalized spacial score (nSPS) is 30.5. The summed E-state index contributed by atoms with van der Waals surface area (Å²) in [6.45, 7) is 5.47. The number of rotatable bonds is 3. The van der Waals surface area contributed by atoms with Gasteiger partial charge in [0.1, 0.15) is 6.35 Å². The first-order valence-corrected chi connectivity index (χ1v) is 11.7. The van der Waals surface area contributed by atoms with Crippen LogP contribution in [0.15, 0.2) is 0 Å². The van der Waals surface area contributed by atoms with Crippen molar-refractivity contribution in [1.82, 2.24) is 14.5 Å². The van der Waals surface area contributed by atoms with Crippen LogP contribution in [-0.2, 0) is 4.57 Å². The van der Waals surface area contributed by atoms with Crippen LogP contribution in [0.5, 0.6) is 0 Å². The third-order valence-electron chi connectivity index (χ3n) is 4.70. The third kappa shape index (κ3) is 5.32. The number of fused-ring (bicyclic) bond motifs is 3. The van der Waals surface area contributed by atoms with E-state index in [1.807, 2.05) is 0 Å². The van der Waals surface area contributed by atoms with Gasteiger partial charge in [-0.05, 0) is 0 Å². The number of aliphatic hydroxyl groups excluding tert-OH is 2. The van der Waals surface area contributed by atoms with Crippen LogP contribution in [0.1, 0.15) is 0 Å². The van der Waals surface area contributed by atoms with Gasteiger partial charge in [0.25, 0.3) is 7.52 Å². The Morgan fingerprint density at radius 2 is 1.21 bits per heavy atom. The van der Waals surface area contributed by atoms with Crippen LogP contribution in [-0.4, -0.2) is 122 Å². The molecule has 2 aliphatic heterocycles. The van der Waals surface area contributed by atoms with Crippen molar-refractivity contribution >= 4 is 15.0 Å². The van der Waals surface area contributed by atoms with Crippen molar-refractivity contribution in [2.75, 3.05) is 78.1 Å². The molecule has 0 radical (unpaired) electrons. The second-order valence-electron chi connectivity index (χ2n) is 6.23. The van der Waals surface area contributed by atoms with Crippen molar-refractivity contribution in [3.63, 3.8) is 0 Å². The molecule has 142 valence electrons. The Kier molecular flexibility index (Phi) is 7.40. The summed E-state index contributed by atoms with van der Waals surface area (Å²) in [7, 11) is -7.17. The number of hydrogen-bond acceptors (Lipinski definition) is 5. The molecule has 0 amide bonds. The van der Waals surface area contributed by atoms with Gasteiger partial charge >= 0.3 is 7.51 Å². The van der Waals surface area contributed by atoms with E-state index < -0.39 is 27.7 Å². The number of nitrogens with zero attached hydrogens (tertiary/aromatic N) is 4. The van der Waals surface area contributed by atoms with Crippen LogP contribution in [0.25, 0.3) is 0 Å². The molecular weight excluding hydrogens is 358 g/mol. The average molecular weight is 387 g/mol. The summed E-state index contributed by atoms with van der Waals surface area (Å²) in [6, 6.07) is 0. The zero-order valence-electron chi connectivity index (χ0n) is 13.8. The van der Waals surface area contributed by atoms with Crippen LogP contribution >= 0.6 is 15.0 Å². The van der Waals surface area contributed by atoms with Crippen molar-refractivity contribution in [2.45, 2.75) is 0 Å². The molecule has 0 aromatic carbocycles. The van der Waals surface area contributed by atoms with Gasteiger partial charge < -0.3 is 24.9 Å². The minimum atomic E-state index is -3.71. The lowest BCUT2D eigenvalue weighted by atomic mass is 10.4. The van der Waals surface area contributed by atoms with E-state index in [4.69, 9.17) is 5.11 Å². The Balaban J connectivity index is 2.18. The number of hydrogen-bond donors (Lipinski definition) is 5. The summed E-state index contributed by atoms with van der Waals surface area (Å²) in [5, 5.41) is 18.4. The topological polar surface area (TPSA) is 131 Å². The number of aliphatic hydroxyl groups is 2. The first-order chi connectivity index (χ1) is 11.3. The van der Waals surface area contributed by atoms with Crippen LogP contribution < -0.4 is 0 Å². The fraction of sp³-hybridized carbons (Fsp3) is 1.00. The molecule has 0 saturated carbocycles. The molecule has 10 nitrogen and oxygen atoms in total. The molecule has 2 rings (SSSR count). The van der Waals surface area contributed by atoms with Crippen molar-refractivity contribution in [1.29, 1.82) is 0 Å². The molecule has 3 atom stereocenters. The minimum Gasteiger partial charge on any atom is -0.385 e. The Bertz CT molecular complexity index is 506. The third-order valence-corrected chi connectivity index (χ3v) is 8.04. The van der Waals surface area contributed by atoms with E-state index in [-0.39, 0.29) is 0 Å². The zero-order chi connectivity index (χ0) is 17.8. The summed E-state index contributed by atoms with van der Waals surface area (Å²) in [6.07, 6.45) is -1.40. The Morgan fingerprint density at radius 3 is 1.62 bits per heavy atom. The summed E-state index contributed by atoms with van der Waals surface area (Å²) in [5.74, 6) is 0. The Hall–Kier alpha value is 0.140. The Morgan fingerprint density at radius 1 is 0.750 bits per heavy atom. The smallest absolute Gasteiger partial charge is 0.379 e. The molecule has 24 heavy (non-hydrogen) atoms. The van der Waals surface area contributed by atoms with Crippen molar-refractivity contribution in [3.05, 3.63) is 0 Å². The molecule has 2 fully saturated rings. The van der Waals surface area contributed by atoms with Gasteiger partial charge in [0, 0.05) is 39.3 Å².